The first-order chi connectivity index (χ1) is 8.54. The van der Waals surface area contributed by atoms with Crippen LogP contribution in [-0.2, 0) is 0 Å². The molecule has 0 aliphatic heterocycles. The number of pyridine rings is 1. The third-order valence-electron chi connectivity index (χ3n) is 2.16. The van der Waals surface area contributed by atoms with Crippen molar-refractivity contribution in [2.45, 2.75) is 0 Å². The summed E-state index contributed by atoms with van der Waals surface area (Å²) in [6.07, 6.45) is 1.40. The van der Waals surface area contributed by atoms with Crippen molar-refractivity contribution in [2.75, 3.05) is 5.32 Å². The lowest BCUT2D eigenvalue weighted by molar-refractivity contribution is 0.102. The molecular weight excluding hydrogens is 275 g/mol. The minimum atomic E-state index is -0.403. The second-order valence-electron chi connectivity index (χ2n) is 3.55. The number of aromatic nitrogens is 1. The van der Waals surface area contributed by atoms with Crippen molar-refractivity contribution in [3.05, 3.63) is 62.5 Å². The minimum Gasteiger partial charge on any atom is -0.329 e. The summed E-state index contributed by atoms with van der Waals surface area (Å²) in [5.74, 6) is -0.403. The molecule has 0 bridgehead atoms. The van der Waals surface area contributed by atoms with Gasteiger partial charge in [0.25, 0.3) is 5.91 Å². The highest BCUT2D eigenvalue weighted by atomic mass is 35.5. The Balaban J connectivity index is 2.24. The number of halogens is 2. The molecule has 0 radical (unpaired) electrons. The Kier molecular flexibility index (Phi) is 3.69. The van der Waals surface area contributed by atoms with Gasteiger partial charge in [0.2, 0.25) is 5.56 Å². The molecule has 2 N–H and O–H groups in total. The Morgan fingerprint density at radius 3 is 2.39 bits per heavy atom. The molecule has 0 aliphatic carbocycles. The Hall–Kier alpha value is -1.78. The first kappa shape index (κ1) is 12.7. The molecule has 4 nitrogen and oxygen atoms in total. The third kappa shape index (κ3) is 3.12. The van der Waals surface area contributed by atoms with E-state index in [0.717, 1.165) is 0 Å². The topological polar surface area (TPSA) is 62.0 Å². The standard InChI is InChI=1S/C12H8Cl2N2O2/c13-8-4-9(14)6-10(5-8)16-12(18)7-1-2-15-11(17)3-7/h1-6H,(H,15,17)(H,16,18). The molecule has 1 aromatic carbocycles. The van der Waals surface area contributed by atoms with Crippen LogP contribution in [0.4, 0.5) is 5.69 Å². The molecule has 2 aromatic rings. The fraction of sp³-hybridized carbons (Fsp3) is 0. The summed E-state index contributed by atoms with van der Waals surface area (Å²) in [7, 11) is 0. The van der Waals surface area contributed by atoms with E-state index in [9.17, 15) is 9.59 Å². The van der Waals surface area contributed by atoms with Gasteiger partial charge in [0.1, 0.15) is 0 Å². The summed E-state index contributed by atoms with van der Waals surface area (Å²) in [4.78, 5) is 25.3. The predicted molar refractivity (Wildman–Crippen MR) is 71.5 cm³/mol. The summed E-state index contributed by atoms with van der Waals surface area (Å²) < 4.78 is 0. The zero-order chi connectivity index (χ0) is 13.1. The number of hydrogen-bond donors (Lipinski definition) is 2. The number of carbonyl (C=O) groups is 1. The van der Waals surface area contributed by atoms with Crippen molar-refractivity contribution >= 4 is 34.8 Å². The van der Waals surface area contributed by atoms with Gasteiger partial charge in [0.15, 0.2) is 0 Å². The summed E-state index contributed by atoms with van der Waals surface area (Å²) in [5, 5.41) is 3.45. The maximum atomic E-state index is 11.8. The summed E-state index contributed by atoms with van der Waals surface area (Å²) >= 11 is 11.6. The van der Waals surface area contributed by atoms with E-state index in [-0.39, 0.29) is 11.1 Å². The van der Waals surface area contributed by atoms with Crippen LogP contribution in [-0.4, -0.2) is 10.9 Å². The smallest absolute Gasteiger partial charge is 0.255 e. The van der Waals surface area contributed by atoms with Crippen LogP contribution in [0.15, 0.2) is 41.3 Å². The Bertz CT molecular complexity index is 632. The Morgan fingerprint density at radius 2 is 1.78 bits per heavy atom. The number of benzene rings is 1. The first-order valence-corrected chi connectivity index (χ1v) is 5.76. The van der Waals surface area contributed by atoms with Crippen LogP contribution < -0.4 is 10.9 Å². The molecule has 0 aliphatic rings. The molecule has 0 unspecified atom stereocenters. The van der Waals surface area contributed by atoms with Crippen LogP contribution in [0.2, 0.25) is 10.0 Å². The predicted octanol–water partition coefficient (Wildman–Crippen LogP) is 2.93. The number of anilines is 1. The molecule has 0 atom stereocenters. The van der Waals surface area contributed by atoms with Crippen LogP contribution in [0.3, 0.4) is 0 Å². The van der Waals surface area contributed by atoms with Gasteiger partial charge in [-0.3, -0.25) is 9.59 Å². The second kappa shape index (κ2) is 5.25. The van der Waals surface area contributed by atoms with Gasteiger partial charge >= 0.3 is 0 Å². The highest BCUT2D eigenvalue weighted by molar-refractivity contribution is 6.35. The van der Waals surface area contributed by atoms with E-state index >= 15 is 0 Å². The molecule has 0 saturated heterocycles. The fourth-order valence-electron chi connectivity index (χ4n) is 1.42. The van der Waals surface area contributed by atoms with Gasteiger partial charge in [-0.05, 0) is 24.3 Å². The van der Waals surface area contributed by atoms with Crippen LogP contribution in [0.25, 0.3) is 0 Å². The van der Waals surface area contributed by atoms with Crippen molar-refractivity contribution in [1.29, 1.82) is 0 Å². The average molecular weight is 283 g/mol. The number of amides is 1. The average Bonchev–Trinajstić information content (AvgIpc) is 2.27. The highest BCUT2D eigenvalue weighted by Gasteiger charge is 2.07. The van der Waals surface area contributed by atoms with Crippen molar-refractivity contribution in [2.24, 2.45) is 0 Å². The molecular formula is C12H8Cl2N2O2. The van der Waals surface area contributed by atoms with Crippen LogP contribution >= 0.6 is 23.2 Å². The van der Waals surface area contributed by atoms with Gasteiger partial charge in [0.05, 0.1) is 0 Å². The lowest BCUT2D eigenvalue weighted by atomic mass is 10.2. The maximum Gasteiger partial charge on any atom is 0.255 e. The molecule has 92 valence electrons. The summed E-state index contributed by atoms with van der Waals surface area (Å²) in [6.45, 7) is 0. The summed E-state index contributed by atoms with van der Waals surface area (Å²) in [6, 6.07) is 7.41. The van der Waals surface area contributed by atoms with Crippen LogP contribution in [0.5, 0.6) is 0 Å². The number of rotatable bonds is 2. The molecule has 1 amide bonds. The maximum absolute atomic E-state index is 11.8. The zero-order valence-corrected chi connectivity index (χ0v) is 10.5. The lowest BCUT2D eigenvalue weighted by Crippen LogP contribution is -2.15. The van der Waals surface area contributed by atoms with Gasteiger partial charge in [-0.25, -0.2) is 0 Å². The fourth-order valence-corrected chi connectivity index (χ4v) is 1.94. The van der Waals surface area contributed by atoms with Crippen molar-refractivity contribution < 1.29 is 4.79 Å². The molecule has 18 heavy (non-hydrogen) atoms. The van der Waals surface area contributed by atoms with Crippen molar-refractivity contribution in [3.8, 4) is 0 Å². The SMILES string of the molecule is O=C(Nc1cc(Cl)cc(Cl)c1)c1cc[nH]c(=O)c1. The van der Waals surface area contributed by atoms with Crippen LogP contribution in [0.1, 0.15) is 10.4 Å². The minimum absolute atomic E-state index is 0.259. The number of carbonyl (C=O) groups excluding carboxylic acids is 1. The summed E-state index contributed by atoms with van der Waals surface area (Å²) in [5.41, 5.74) is 0.388. The van der Waals surface area contributed by atoms with E-state index in [0.29, 0.717) is 15.7 Å². The largest absolute Gasteiger partial charge is 0.329 e. The monoisotopic (exact) mass is 282 g/mol. The molecule has 0 saturated carbocycles. The normalized spacial score (nSPS) is 10.1. The van der Waals surface area contributed by atoms with E-state index in [2.05, 4.69) is 10.3 Å². The molecule has 2 rings (SSSR count). The molecule has 0 spiro atoms. The third-order valence-corrected chi connectivity index (χ3v) is 2.59. The zero-order valence-electron chi connectivity index (χ0n) is 9.04. The number of hydrogen-bond acceptors (Lipinski definition) is 2. The van der Waals surface area contributed by atoms with Gasteiger partial charge in [-0.2, -0.15) is 0 Å². The van der Waals surface area contributed by atoms with E-state index < -0.39 is 5.91 Å². The first-order valence-electron chi connectivity index (χ1n) is 5.01. The van der Waals surface area contributed by atoms with Gasteiger partial charge in [0, 0.05) is 33.6 Å². The number of aromatic amines is 1. The molecule has 1 heterocycles. The van der Waals surface area contributed by atoms with Crippen molar-refractivity contribution in [1.82, 2.24) is 4.98 Å². The number of H-pyrrole nitrogens is 1. The Labute approximate surface area is 113 Å². The van der Waals surface area contributed by atoms with Crippen LogP contribution in [0, 0.1) is 0 Å². The van der Waals surface area contributed by atoms with Gasteiger partial charge < -0.3 is 10.3 Å². The number of nitrogens with one attached hydrogen (secondary N) is 2. The second-order valence-corrected chi connectivity index (χ2v) is 4.43. The quantitative estimate of drug-likeness (QED) is 0.890. The lowest BCUT2D eigenvalue weighted by Gasteiger charge is -2.06. The van der Waals surface area contributed by atoms with Gasteiger partial charge in [-0.1, -0.05) is 23.2 Å². The highest BCUT2D eigenvalue weighted by Crippen LogP contribution is 2.22. The van der Waals surface area contributed by atoms with E-state index in [1.807, 2.05) is 0 Å². The molecule has 6 heteroatoms. The van der Waals surface area contributed by atoms with Gasteiger partial charge in [-0.15, -0.1) is 0 Å². The Morgan fingerprint density at radius 1 is 1.11 bits per heavy atom. The van der Waals surface area contributed by atoms with Crippen molar-refractivity contribution in [3.63, 3.8) is 0 Å². The van der Waals surface area contributed by atoms with E-state index in [4.69, 9.17) is 23.2 Å². The molecule has 0 fully saturated rings. The van der Waals surface area contributed by atoms with E-state index in [1.54, 1.807) is 18.2 Å². The molecule has 1 aromatic heterocycles. The van der Waals surface area contributed by atoms with E-state index in [1.165, 1.54) is 18.3 Å².